The first kappa shape index (κ1) is 22.3. The molecule has 156 valence electrons. The highest BCUT2D eigenvalue weighted by Crippen LogP contribution is 2.19. The second-order valence-corrected chi connectivity index (χ2v) is 6.99. The van der Waals surface area contributed by atoms with Crippen molar-refractivity contribution in [3.8, 4) is 11.5 Å². The Balaban J connectivity index is 1.83. The van der Waals surface area contributed by atoms with Gasteiger partial charge in [0.25, 0.3) is 0 Å². The lowest BCUT2D eigenvalue weighted by atomic mass is 10.2. The van der Waals surface area contributed by atoms with Crippen LogP contribution in [0.1, 0.15) is 45.6 Å². The summed E-state index contributed by atoms with van der Waals surface area (Å²) in [4.78, 5) is 24.3. The molecule has 6 heteroatoms. The van der Waals surface area contributed by atoms with E-state index in [2.05, 4.69) is 17.6 Å². The number of anilines is 1. The molecule has 0 aromatic heterocycles. The van der Waals surface area contributed by atoms with E-state index in [1.54, 1.807) is 24.3 Å². The Bertz CT molecular complexity index is 788. The van der Waals surface area contributed by atoms with Crippen LogP contribution in [0, 0.1) is 0 Å². The Morgan fingerprint density at radius 3 is 2.38 bits per heavy atom. The molecule has 0 unspecified atom stereocenters. The summed E-state index contributed by atoms with van der Waals surface area (Å²) in [7, 11) is 0. The number of para-hydroxylation sites is 1. The summed E-state index contributed by atoms with van der Waals surface area (Å²) < 4.78 is 11.4. The number of unbranched alkanes of at least 4 members (excludes halogenated alkanes) is 2. The summed E-state index contributed by atoms with van der Waals surface area (Å²) in [6, 6.07) is 14.4. The number of hydrogen-bond acceptors (Lipinski definition) is 4. The molecule has 0 spiro atoms. The Morgan fingerprint density at radius 1 is 0.966 bits per heavy atom. The number of hydrogen-bond donors (Lipinski definition) is 2. The number of carbonyl (C=O) groups is 2. The molecule has 2 rings (SSSR count). The lowest BCUT2D eigenvalue weighted by molar-refractivity contribution is -0.136. The number of amides is 2. The van der Waals surface area contributed by atoms with Gasteiger partial charge in [-0.3, -0.25) is 9.59 Å². The molecule has 2 aromatic carbocycles. The topological polar surface area (TPSA) is 76.7 Å². The first-order chi connectivity index (χ1) is 14.0. The zero-order valence-corrected chi connectivity index (χ0v) is 17.4. The summed E-state index contributed by atoms with van der Waals surface area (Å²) >= 11 is 0. The average Bonchev–Trinajstić information content (AvgIpc) is 2.71. The zero-order chi connectivity index (χ0) is 21.1. The van der Waals surface area contributed by atoms with Crippen molar-refractivity contribution in [3.63, 3.8) is 0 Å². The smallest absolute Gasteiger partial charge is 0.313 e. The van der Waals surface area contributed by atoms with Gasteiger partial charge in [-0.15, -0.1) is 0 Å². The Labute approximate surface area is 172 Å². The Kier molecular flexibility index (Phi) is 9.02. The van der Waals surface area contributed by atoms with E-state index in [9.17, 15) is 9.59 Å². The van der Waals surface area contributed by atoms with E-state index in [-0.39, 0.29) is 12.6 Å². The van der Waals surface area contributed by atoms with Gasteiger partial charge in [-0.2, -0.15) is 0 Å². The van der Waals surface area contributed by atoms with E-state index >= 15 is 0 Å². The normalized spacial score (nSPS) is 10.5. The molecule has 0 saturated heterocycles. The molecule has 0 atom stereocenters. The van der Waals surface area contributed by atoms with Crippen molar-refractivity contribution in [2.24, 2.45) is 0 Å². The van der Waals surface area contributed by atoms with Gasteiger partial charge in [-0.05, 0) is 50.6 Å². The second kappa shape index (κ2) is 11.7. The minimum Gasteiger partial charge on any atom is -0.494 e. The average molecular weight is 399 g/mol. The highest BCUT2D eigenvalue weighted by molar-refractivity contribution is 6.39. The highest BCUT2D eigenvalue weighted by Gasteiger charge is 2.14. The van der Waals surface area contributed by atoms with Crippen LogP contribution in [0.25, 0.3) is 0 Å². The molecule has 2 N–H and O–H groups in total. The van der Waals surface area contributed by atoms with Gasteiger partial charge in [-0.1, -0.05) is 38.0 Å². The van der Waals surface area contributed by atoms with Crippen LogP contribution < -0.4 is 20.1 Å². The van der Waals surface area contributed by atoms with E-state index in [0.29, 0.717) is 18.0 Å². The largest absolute Gasteiger partial charge is 0.494 e. The molecule has 0 aliphatic rings. The van der Waals surface area contributed by atoms with Crippen molar-refractivity contribution in [1.82, 2.24) is 5.32 Å². The molecule has 0 saturated carbocycles. The molecular formula is C23H30N2O4. The first-order valence-electron chi connectivity index (χ1n) is 10.1. The molecule has 0 aliphatic carbocycles. The van der Waals surface area contributed by atoms with Gasteiger partial charge >= 0.3 is 11.8 Å². The fraction of sp³-hybridized carbons (Fsp3) is 0.391. The highest BCUT2D eigenvalue weighted by atomic mass is 16.5. The van der Waals surface area contributed by atoms with Crippen molar-refractivity contribution < 1.29 is 19.1 Å². The van der Waals surface area contributed by atoms with Crippen molar-refractivity contribution >= 4 is 17.5 Å². The number of nitrogens with one attached hydrogen (secondary N) is 2. The summed E-state index contributed by atoms with van der Waals surface area (Å²) in [6.45, 7) is 6.89. The number of ether oxygens (including phenoxy) is 2. The molecule has 2 aromatic rings. The van der Waals surface area contributed by atoms with Crippen LogP contribution in [0.3, 0.4) is 0 Å². The predicted molar refractivity (Wildman–Crippen MR) is 114 cm³/mol. The quantitative estimate of drug-likeness (QED) is 0.462. The van der Waals surface area contributed by atoms with Crippen LogP contribution in [0.2, 0.25) is 0 Å². The Morgan fingerprint density at radius 2 is 1.69 bits per heavy atom. The van der Waals surface area contributed by atoms with Crippen molar-refractivity contribution in [2.75, 3.05) is 11.9 Å². The third-order valence-corrected chi connectivity index (χ3v) is 4.11. The molecule has 29 heavy (non-hydrogen) atoms. The lowest BCUT2D eigenvalue weighted by Crippen LogP contribution is -2.35. The molecule has 0 aliphatic heterocycles. The van der Waals surface area contributed by atoms with E-state index in [4.69, 9.17) is 9.47 Å². The number of carbonyl (C=O) groups excluding carboxylic acids is 2. The van der Waals surface area contributed by atoms with Gasteiger partial charge in [0.2, 0.25) is 0 Å². The molecule has 0 bridgehead atoms. The Hall–Kier alpha value is -3.02. The van der Waals surface area contributed by atoms with Gasteiger partial charge in [0, 0.05) is 17.8 Å². The summed E-state index contributed by atoms with van der Waals surface area (Å²) in [5.41, 5.74) is 1.35. The summed E-state index contributed by atoms with van der Waals surface area (Å²) in [5, 5.41) is 5.22. The van der Waals surface area contributed by atoms with Gasteiger partial charge in [-0.25, -0.2) is 0 Å². The van der Waals surface area contributed by atoms with E-state index in [0.717, 1.165) is 30.6 Å². The van der Waals surface area contributed by atoms with Gasteiger partial charge in [0.1, 0.15) is 11.5 Å². The molecule has 0 heterocycles. The third-order valence-electron chi connectivity index (χ3n) is 4.11. The molecule has 2 amide bonds. The van der Waals surface area contributed by atoms with E-state index in [1.165, 1.54) is 0 Å². The van der Waals surface area contributed by atoms with E-state index in [1.807, 2.05) is 38.1 Å². The fourth-order valence-corrected chi connectivity index (χ4v) is 2.64. The van der Waals surface area contributed by atoms with Crippen LogP contribution in [0.15, 0.2) is 48.5 Å². The van der Waals surface area contributed by atoms with Crippen LogP contribution in [-0.2, 0) is 16.1 Å². The molecule has 0 radical (unpaired) electrons. The van der Waals surface area contributed by atoms with Crippen molar-refractivity contribution in [3.05, 3.63) is 54.1 Å². The standard InChI is InChI=1S/C23H30N2O4/c1-4-5-8-15-28-20-13-11-19(12-14-20)25-23(27)22(26)24-16-18-9-6-7-10-21(18)29-17(2)3/h6-7,9-14,17H,4-5,8,15-16H2,1-3H3,(H,24,26)(H,25,27). The maximum Gasteiger partial charge on any atom is 0.313 e. The summed E-state index contributed by atoms with van der Waals surface area (Å²) in [5.74, 6) is 0.0103. The first-order valence-corrected chi connectivity index (χ1v) is 10.1. The van der Waals surface area contributed by atoms with Crippen LogP contribution in [0.5, 0.6) is 11.5 Å². The van der Waals surface area contributed by atoms with Gasteiger partial charge in [0.15, 0.2) is 0 Å². The maximum absolute atomic E-state index is 12.1. The lowest BCUT2D eigenvalue weighted by Gasteiger charge is -2.14. The minimum absolute atomic E-state index is 0.0220. The predicted octanol–water partition coefficient (Wildman–Crippen LogP) is 4.30. The number of rotatable bonds is 10. The SMILES string of the molecule is CCCCCOc1ccc(NC(=O)C(=O)NCc2ccccc2OC(C)C)cc1. The maximum atomic E-state index is 12.1. The monoisotopic (exact) mass is 398 g/mol. The van der Waals surface area contributed by atoms with Crippen LogP contribution in [-0.4, -0.2) is 24.5 Å². The summed E-state index contributed by atoms with van der Waals surface area (Å²) in [6.07, 6.45) is 3.32. The van der Waals surface area contributed by atoms with Gasteiger partial charge < -0.3 is 20.1 Å². The van der Waals surface area contributed by atoms with Crippen molar-refractivity contribution in [1.29, 1.82) is 0 Å². The van der Waals surface area contributed by atoms with E-state index < -0.39 is 11.8 Å². The molecular weight excluding hydrogens is 368 g/mol. The second-order valence-electron chi connectivity index (χ2n) is 6.99. The number of benzene rings is 2. The van der Waals surface area contributed by atoms with Gasteiger partial charge in [0.05, 0.1) is 12.7 Å². The van der Waals surface area contributed by atoms with Crippen molar-refractivity contribution in [2.45, 2.75) is 52.7 Å². The zero-order valence-electron chi connectivity index (χ0n) is 17.4. The molecule has 6 nitrogen and oxygen atoms in total. The van der Waals surface area contributed by atoms with Crippen LogP contribution in [0.4, 0.5) is 5.69 Å². The minimum atomic E-state index is -0.719. The fourth-order valence-electron chi connectivity index (χ4n) is 2.64. The molecule has 0 fully saturated rings. The third kappa shape index (κ3) is 7.86. The van der Waals surface area contributed by atoms with Crippen LogP contribution >= 0.6 is 0 Å².